The molecule has 35 N–H and O–H groups in total. The van der Waals surface area contributed by atoms with E-state index in [9.17, 15) is 102 Å². The van der Waals surface area contributed by atoms with Crippen LogP contribution < -0.4 is 114 Å². The fraction of sp³-hybridized carbons (Fsp3) is 0.524. The van der Waals surface area contributed by atoms with E-state index in [0.29, 0.717) is 22.4 Å². The number of nitrogens with one attached hydrogen (secondary N) is 20. The Morgan fingerprint density at radius 2 is 0.833 bits per heavy atom. The summed E-state index contributed by atoms with van der Waals surface area (Å²) in [6, 6.07) is -2.03. The number of nitrogens with zero attached hydrogens (tertiary/aromatic N) is 2. The average Bonchev–Trinajstić information content (AvgIpc) is 1.77. The zero-order valence-electron chi connectivity index (χ0n) is 74.4. The fourth-order valence-electron chi connectivity index (χ4n) is 13.9. The second-order valence-electron chi connectivity index (χ2n) is 32.8. The highest BCUT2D eigenvalue weighted by Crippen LogP contribution is 2.22. The van der Waals surface area contributed by atoms with Crippen molar-refractivity contribution in [2.75, 3.05) is 45.9 Å². The number of benzene rings is 3. The molecule has 132 heavy (non-hydrogen) atoms. The molecule has 0 aliphatic carbocycles. The number of carboxylic acids is 1. The van der Waals surface area contributed by atoms with Crippen molar-refractivity contribution in [1.29, 1.82) is 16.2 Å². The maximum absolute atomic E-state index is 14.9. The second kappa shape index (κ2) is 54.9. The molecular formula is C84H127N27O21. The molecule has 0 unspecified atom stereocenters. The minimum atomic E-state index is -1.87. The van der Waals surface area contributed by atoms with Gasteiger partial charge in [0.05, 0.1) is 32.0 Å². The van der Waals surface area contributed by atoms with Gasteiger partial charge in [0, 0.05) is 57.3 Å². The van der Waals surface area contributed by atoms with Gasteiger partial charge in [0.1, 0.15) is 96.6 Å². The van der Waals surface area contributed by atoms with Gasteiger partial charge in [0.15, 0.2) is 17.9 Å². The molecular weight excluding hydrogens is 1720 g/mol. The van der Waals surface area contributed by atoms with E-state index < -0.39 is 229 Å². The van der Waals surface area contributed by atoms with Crippen molar-refractivity contribution < 1.29 is 102 Å². The van der Waals surface area contributed by atoms with E-state index in [1.165, 1.54) is 48.9 Å². The lowest BCUT2D eigenvalue weighted by molar-refractivity contribution is -0.143. The van der Waals surface area contributed by atoms with Gasteiger partial charge in [0.25, 0.3) is 0 Å². The molecule has 0 spiro atoms. The van der Waals surface area contributed by atoms with Crippen LogP contribution in [0.1, 0.15) is 128 Å². The lowest BCUT2D eigenvalue weighted by Crippen LogP contribution is -2.62. The van der Waals surface area contributed by atoms with Crippen LogP contribution in [0.5, 0.6) is 11.5 Å². The highest BCUT2D eigenvalue weighted by Gasteiger charge is 2.43. The van der Waals surface area contributed by atoms with Gasteiger partial charge in [0.2, 0.25) is 88.6 Å². The molecule has 5 rings (SSSR count). The van der Waals surface area contributed by atoms with Gasteiger partial charge in [-0.2, -0.15) is 0 Å². The molecule has 48 heteroatoms. The van der Waals surface area contributed by atoms with Crippen LogP contribution in [-0.2, 0) is 102 Å². The van der Waals surface area contributed by atoms with Crippen molar-refractivity contribution in [3.05, 3.63) is 114 Å². The van der Waals surface area contributed by atoms with Gasteiger partial charge in [-0.3, -0.25) is 92.9 Å². The number of aromatic amines is 1. The van der Waals surface area contributed by atoms with Crippen LogP contribution in [0, 0.1) is 34.0 Å². The number of aromatic nitrogens is 2. The van der Waals surface area contributed by atoms with E-state index in [1.54, 1.807) is 84.0 Å². The molecule has 15 amide bonds. The molecule has 3 aromatic carbocycles. The third-order valence-corrected chi connectivity index (χ3v) is 20.9. The molecule has 48 nitrogen and oxygen atoms in total. The van der Waals surface area contributed by atoms with Gasteiger partial charge in [-0.25, -0.2) is 4.98 Å². The number of aromatic hydroxyl groups is 2. The number of carbonyl (C=O) groups is 16. The van der Waals surface area contributed by atoms with Crippen molar-refractivity contribution in [2.24, 2.45) is 46.4 Å². The van der Waals surface area contributed by atoms with E-state index in [0.717, 1.165) is 4.90 Å². The molecule has 1 aliphatic rings. The number of amides is 15. The number of carboxylic acid groups (broad SMARTS) is 1. The molecule has 1 aliphatic heterocycles. The molecule has 4 aromatic rings. The number of guanidine groups is 3. The number of primary amides is 1. The topological polar surface area (TPSA) is 800 Å². The third-order valence-electron chi connectivity index (χ3n) is 20.9. The minimum absolute atomic E-state index is 0.000139. The Morgan fingerprint density at radius 3 is 1.29 bits per heavy atom. The molecule has 1 fully saturated rings. The molecule has 1 aromatic heterocycles. The molecule has 0 saturated carbocycles. The number of imidazole rings is 1. The number of phenolic OH excluding ortho intramolecular Hbond substituents is 2. The summed E-state index contributed by atoms with van der Waals surface area (Å²) in [5.74, 6) is -19.7. The zero-order valence-corrected chi connectivity index (χ0v) is 74.4. The molecule has 1 saturated heterocycles. The van der Waals surface area contributed by atoms with Crippen LogP contribution >= 0.6 is 0 Å². The largest absolute Gasteiger partial charge is 0.508 e. The number of hydrogen-bond acceptors (Lipinski definition) is 25. The number of nitrogens with two attached hydrogens (primary N) is 5. The Balaban J connectivity index is 1.36. The van der Waals surface area contributed by atoms with E-state index in [4.69, 9.17) is 44.9 Å². The predicted octanol–water partition coefficient (Wildman–Crippen LogP) is -7.56. The first-order valence-electron chi connectivity index (χ1n) is 43.0. The number of carbonyl (C=O) groups excluding carboxylic acids is 15. The number of rotatable bonds is 56. The SMILES string of the molecule is CC(C)C[C@H](NC(=O)[C@H](Cc1cnc[nH]1)NC(=O)[C@@H](NC(=O)[C@@H](NC(=O)[C@H](CCCNC(=N)N)NC(=O)[C@H](CO)NC(=O)[C@H](Cc1ccccc1)NC(=O)[C@@H]1CCCN1C(=O)[C@H](CO)NC(=O)[C@H](CCCNC(=N)N)NC(=O)[C@@H](N)Cc1ccc(O)cc1)C(C)C)C(C)C)C(=O)N[C@@H](Cc1ccc(O)cc1)C(=O)N[C@@H](CCCNC(=N)N)C(=O)N[C@@H](CC(N)=O)C(=O)NCC(=O)O. The number of phenols is 2. The number of aliphatic hydroxyl groups is 2. The van der Waals surface area contributed by atoms with Crippen LogP contribution in [0.4, 0.5) is 0 Å². The summed E-state index contributed by atoms with van der Waals surface area (Å²) in [5.41, 5.74) is 29.8. The van der Waals surface area contributed by atoms with Gasteiger partial charge in [-0.1, -0.05) is 96.1 Å². The van der Waals surface area contributed by atoms with Crippen LogP contribution in [0.25, 0.3) is 0 Å². The highest BCUT2D eigenvalue weighted by atomic mass is 16.4. The van der Waals surface area contributed by atoms with Crippen molar-refractivity contribution in [3.63, 3.8) is 0 Å². The lowest BCUT2D eigenvalue weighted by Gasteiger charge is -2.31. The Kier molecular flexibility index (Phi) is 45.0. The van der Waals surface area contributed by atoms with E-state index in [1.807, 2.05) is 5.32 Å². The number of aliphatic carboxylic acids is 1. The normalized spacial score (nSPS) is 15.2. The smallest absolute Gasteiger partial charge is 0.322 e. The highest BCUT2D eigenvalue weighted by molar-refractivity contribution is 6.01. The lowest BCUT2D eigenvalue weighted by atomic mass is 9.98. The van der Waals surface area contributed by atoms with E-state index in [2.05, 4.69) is 89.7 Å². The van der Waals surface area contributed by atoms with Gasteiger partial charge >= 0.3 is 5.97 Å². The third kappa shape index (κ3) is 37.8. The van der Waals surface area contributed by atoms with Crippen molar-refractivity contribution in [1.82, 2.24) is 99.9 Å². The molecule has 14 atom stereocenters. The fourth-order valence-corrected chi connectivity index (χ4v) is 13.9. The average molecular weight is 1850 g/mol. The zero-order chi connectivity index (χ0) is 98.0. The summed E-state index contributed by atoms with van der Waals surface area (Å²) in [6.45, 7) is 6.61. The summed E-state index contributed by atoms with van der Waals surface area (Å²) in [6.07, 6.45) is 0.685. The summed E-state index contributed by atoms with van der Waals surface area (Å²) >= 11 is 0. The Morgan fingerprint density at radius 1 is 0.447 bits per heavy atom. The Labute approximate surface area is 761 Å². The van der Waals surface area contributed by atoms with Crippen LogP contribution in [0.2, 0.25) is 0 Å². The predicted molar refractivity (Wildman–Crippen MR) is 477 cm³/mol. The maximum atomic E-state index is 14.9. The number of hydrogen-bond donors (Lipinski definition) is 30. The minimum Gasteiger partial charge on any atom is -0.508 e. The van der Waals surface area contributed by atoms with Gasteiger partial charge in [-0.05, 0) is 123 Å². The number of aliphatic hydroxyl groups excluding tert-OH is 2. The first-order chi connectivity index (χ1) is 62.5. The van der Waals surface area contributed by atoms with Crippen LogP contribution in [0.15, 0.2) is 91.4 Å². The standard InChI is InChI=1S/C84H127N27O21/c1-43(2)32-56(73(124)103-57(35-48-22-26-51(115)27-23-48)74(125)100-54(17-11-29-95-83(89)90)70(121)104-60(37-64(86)116)69(120)97-39-65(117)118)102-76(127)59(36-49-38-93-42-98-49)106-79(130)66(44(3)4)110-80(131)67(45(5)6)109-72(123)55(18-12-30-96-84(91)92)101-77(128)61(40-112)107-75(126)58(34-46-14-8-7-9-15-46)105-78(129)63-19-13-31-111(63)81(132)62(41-113)108-71(122)53(16-10-28-94-82(87)88)99-68(119)52(85)33-47-20-24-50(114)25-21-47/h7-9,14-15,20-27,38,42-45,52-63,66-67,112-115H,10-13,16-19,28-37,39-41,85H2,1-6H3,(H2,86,116)(H,93,98)(H,97,120)(H,99,119)(H,100,125)(H,101,128)(H,102,127)(H,103,124)(H,104,121)(H,105,129)(H,106,130)(H,107,126)(H,108,122)(H,109,123)(H,110,131)(H,117,118)(H4,87,88,94)(H4,89,90,95)(H4,91,92,96)/t52-,53-,54-,55-,56-,57-,58-,59-,60-,61-,62-,63-,66-,67-/m0/s1. The Hall–Kier alpha value is -14.3. The summed E-state index contributed by atoms with van der Waals surface area (Å²) < 4.78 is 0. The van der Waals surface area contributed by atoms with Crippen LogP contribution in [-0.4, -0.2) is 283 Å². The molecule has 0 bridgehead atoms. The van der Waals surface area contributed by atoms with Crippen molar-refractivity contribution in [3.8, 4) is 11.5 Å². The molecule has 0 radical (unpaired) electrons. The molecule has 724 valence electrons. The van der Waals surface area contributed by atoms with Crippen molar-refractivity contribution >= 4 is 112 Å². The van der Waals surface area contributed by atoms with Crippen molar-refractivity contribution in [2.45, 2.75) is 216 Å². The summed E-state index contributed by atoms with van der Waals surface area (Å²) in [5, 5.41) is 114. The number of H-pyrrole nitrogens is 1. The number of likely N-dealkylation sites (tertiary alicyclic amines) is 1. The monoisotopic (exact) mass is 1850 g/mol. The quantitative estimate of drug-likeness (QED) is 0.0111. The summed E-state index contributed by atoms with van der Waals surface area (Å²) in [7, 11) is 0. The van der Waals surface area contributed by atoms with E-state index >= 15 is 0 Å². The van der Waals surface area contributed by atoms with Gasteiger partial charge in [-0.15, -0.1) is 0 Å². The second-order valence-corrected chi connectivity index (χ2v) is 32.8. The molecule has 2 heterocycles. The van der Waals surface area contributed by atoms with E-state index in [-0.39, 0.29) is 133 Å². The summed E-state index contributed by atoms with van der Waals surface area (Å²) in [4.78, 5) is 233. The van der Waals surface area contributed by atoms with Gasteiger partial charge < -0.3 is 149 Å². The first-order valence-corrected chi connectivity index (χ1v) is 43.0. The maximum Gasteiger partial charge on any atom is 0.322 e. The first kappa shape index (κ1) is 108. The van der Waals surface area contributed by atoms with Crippen LogP contribution in [0.3, 0.4) is 0 Å². The Bertz CT molecular complexity index is 4590.